The van der Waals surface area contributed by atoms with E-state index in [9.17, 15) is 0 Å². The van der Waals surface area contributed by atoms with Crippen LogP contribution in [0, 0.1) is 22.7 Å². The van der Waals surface area contributed by atoms with Crippen LogP contribution in [0.15, 0.2) is 18.3 Å². The normalized spacial score (nSPS) is 29.1. The van der Waals surface area contributed by atoms with E-state index in [0.717, 1.165) is 25.0 Å². The Labute approximate surface area is 115 Å². The van der Waals surface area contributed by atoms with Gasteiger partial charge in [-0.05, 0) is 56.1 Å². The highest BCUT2D eigenvalue weighted by Gasteiger charge is 2.48. The highest BCUT2D eigenvalue weighted by molar-refractivity contribution is 5.32. The lowest BCUT2D eigenvalue weighted by molar-refractivity contribution is 0.157. The van der Waals surface area contributed by atoms with E-state index in [4.69, 9.17) is 11.0 Å². The van der Waals surface area contributed by atoms with E-state index in [1.165, 1.54) is 6.42 Å². The van der Waals surface area contributed by atoms with Crippen LogP contribution in [0.5, 0.6) is 0 Å². The largest absolute Gasteiger partial charge is 0.325 e. The zero-order chi connectivity index (χ0) is 14.1. The Hall–Kier alpha value is -1.40. The Balaban J connectivity index is 2.07. The average molecular weight is 257 g/mol. The number of aromatic nitrogens is 1. The number of aryl methyl sites for hydroxylation is 1. The van der Waals surface area contributed by atoms with Crippen molar-refractivity contribution in [1.82, 2.24) is 4.98 Å². The summed E-state index contributed by atoms with van der Waals surface area (Å²) in [6.45, 7) is 6.71. The van der Waals surface area contributed by atoms with E-state index in [0.29, 0.717) is 11.5 Å². The Bertz CT molecular complexity index is 497. The Morgan fingerprint density at radius 1 is 1.47 bits per heavy atom. The molecule has 3 heteroatoms. The minimum Gasteiger partial charge on any atom is -0.325 e. The second-order valence-electron chi connectivity index (χ2n) is 6.52. The molecule has 0 unspecified atom stereocenters. The lowest BCUT2D eigenvalue weighted by atomic mass is 9.70. The van der Waals surface area contributed by atoms with E-state index >= 15 is 0 Å². The number of nitrogens with two attached hydrogens (primary N) is 1. The van der Waals surface area contributed by atoms with Crippen molar-refractivity contribution in [3.8, 4) is 6.07 Å². The topological polar surface area (TPSA) is 62.7 Å². The molecule has 1 heterocycles. The minimum atomic E-state index is -0.0835. The maximum absolute atomic E-state index is 9.09. The van der Waals surface area contributed by atoms with Crippen LogP contribution in [0.3, 0.4) is 0 Å². The van der Waals surface area contributed by atoms with Gasteiger partial charge in [-0.1, -0.05) is 13.8 Å². The molecule has 0 radical (unpaired) electrons. The molecule has 1 aliphatic rings. The third kappa shape index (κ3) is 2.50. The summed E-state index contributed by atoms with van der Waals surface area (Å²) in [5.41, 5.74) is 8.09. The molecule has 0 amide bonds. The molecule has 102 valence electrons. The maximum Gasteiger partial charge on any atom is 0.101 e. The molecule has 1 fully saturated rings. The van der Waals surface area contributed by atoms with Gasteiger partial charge in [0.05, 0.1) is 11.3 Å². The molecule has 0 aliphatic heterocycles. The number of hydrogen-bond acceptors (Lipinski definition) is 3. The van der Waals surface area contributed by atoms with E-state index in [-0.39, 0.29) is 11.0 Å². The molecule has 2 rings (SSSR count). The van der Waals surface area contributed by atoms with Crippen molar-refractivity contribution >= 4 is 0 Å². The summed E-state index contributed by atoms with van der Waals surface area (Å²) in [4.78, 5) is 4.34. The van der Waals surface area contributed by atoms with E-state index in [1.54, 1.807) is 6.20 Å². The first-order valence-corrected chi connectivity index (χ1v) is 7.01. The third-order valence-electron chi connectivity index (χ3n) is 5.25. The number of nitriles is 1. The molecule has 0 saturated heterocycles. The van der Waals surface area contributed by atoms with Gasteiger partial charge in [0, 0.05) is 11.7 Å². The predicted molar refractivity (Wildman–Crippen MR) is 76.4 cm³/mol. The molecule has 1 aliphatic carbocycles. The van der Waals surface area contributed by atoms with Gasteiger partial charge >= 0.3 is 0 Å². The molecular formula is C16H23N3. The van der Waals surface area contributed by atoms with Crippen molar-refractivity contribution in [3.63, 3.8) is 0 Å². The Kier molecular flexibility index (Phi) is 3.64. The van der Waals surface area contributed by atoms with Crippen molar-refractivity contribution in [1.29, 1.82) is 5.26 Å². The summed E-state index contributed by atoms with van der Waals surface area (Å²) in [6.07, 6.45) is 5.95. The van der Waals surface area contributed by atoms with Crippen LogP contribution in [0.25, 0.3) is 0 Å². The fourth-order valence-corrected chi connectivity index (χ4v) is 3.18. The van der Waals surface area contributed by atoms with Gasteiger partial charge in [0.2, 0.25) is 0 Å². The quantitative estimate of drug-likeness (QED) is 0.905. The van der Waals surface area contributed by atoms with Gasteiger partial charge in [0.15, 0.2) is 0 Å². The summed E-state index contributed by atoms with van der Waals surface area (Å²) >= 11 is 0. The van der Waals surface area contributed by atoms with E-state index in [1.807, 2.05) is 12.1 Å². The minimum absolute atomic E-state index is 0.0835. The molecule has 1 aromatic heterocycles. The highest BCUT2D eigenvalue weighted by Crippen LogP contribution is 2.50. The summed E-state index contributed by atoms with van der Waals surface area (Å²) in [6, 6.07) is 5.88. The molecule has 1 saturated carbocycles. The van der Waals surface area contributed by atoms with E-state index in [2.05, 4.69) is 31.8 Å². The molecule has 0 bridgehead atoms. The zero-order valence-corrected chi connectivity index (χ0v) is 12.1. The molecule has 3 nitrogen and oxygen atoms in total. The molecule has 0 aromatic carbocycles. The van der Waals surface area contributed by atoms with Gasteiger partial charge in [-0.3, -0.25) is 4.98 Å². The lowest BCUT2D eigenvalue weighted by Gasteiger charge is -2.39. The first kappa shape index (κ1) is 14.0. The second kappa shape index (κ2) is 4.94. The van der Waals surface area contributed by atoms with Crippen LogP contribution >= 0.6 is 0 Å². The SMILES string of the molecule is CC1(C)[C@@H](CCc2ncccc2C#N)CC[C@@]1(C)N. The van der Waals surface area contributed by atoms with Crippen molar-refractivity contribution < 1.29 is 0 Å². The van der Waals surface area contributed by atoms with Crippen LogP contribution in [0.1, 0.15) is 51.3 Å². The van der Waals surface area contributed by atoms with Gasteiger partial charge in [-0.15, -0.1) is 0 Å². The average Bonchev–Trinajstić information content (AvgIpc) is 2.57. The zero-order valence-electron chi connectivity index (χ0n) is 12.1. The molecular weight excluding hydrogens is 234 g/mol. The second-order valence-corrected chi connectivity index (χ2v) is 6.52. The fourth-order valence-electron chi connectivity index (χ4n) is 3.18. The summed E-state index contributed by atoms with van der Waals surface area (Å²) in [7, 11) is 0. The molecule has 19 heavy (non-hydrogen) atoms. The smallest absolute Gasteiger partial charge is 0.101 e. The standard InChI is InChI=1S/C16H23N3/c1-15(2)13(8-9-16(15,3)18)6-7-14-12(11-17)5-4-10-19-14/h4-5,10,13H,6-9,18H2,1-3H3/t13-,16+/m0/s1. The molecule has 2 atom stereocenters. The highest BCUT2D eigenvalue weighted by atomic mass is 14.8. The van der Waals surface area contributed by atoms with Crippen LogP contribution in [-0.2, 0) is 6.42 Å². The van der Waals surface area contributed by atoms with Crippen molar-refractivity contribution in [2.24, 2.45) is 17.1 Å². The fraction of sp³-hybridized carbons (Fsp3) is 0.625. The third-order valence-corrected chi connectivity index (χ3v) is 5.25. The lowest BCUT2D eigenvalue weighted by Crippen LogP contribution is -2.48. The van der Waals surface area contributed by atoms with Crippen molar-refractivity contribution in [2.75, 3.05) is 0 Å². The van der Waals surface area contributed by atoms with Gasteiger partial charge in [-0.25, -0.2) is 0 Å². The maximum atomic E-state index is 9.09. The first-order chi connectivity index (χ1) is 8.88. The van der Waals surface area contributed by atoms with Crippen molar-refractivity contribution in [3.05, 3.63) is 29.6 Å². The van der Waals surface area contributed by atoms with Crippen LogP contribution < -0.4 is 5.73 Å². The van der Waals surface area contributed by atoms with Crippen molar-refractivity contribution in [2.45, 2.75) is 52.0 Å². The van der Waals surface area contributed by atoms with Gasteiger partial charge in [0.25, 0.3) is 0 Å². The summed E-state index contributed by atoms with van der Waals surface area (Å²) < 4.78 is 0. The van der Waals surface area contributed by atoms with Crippen LogP contribution in [0.4, 0.5) is 0 Å². The van der Waals surface area contributed by atoms with E-state index < -0.39 is 0 Å². The Morgan fingerprint density at radius 2 is 2.21 bits per heavy atom. The predicted octanol–water partition coefficient (Wildman–Crippen LogP) is 3.04. The summed E-state index contributed by atoms with van der Waals surface area (Å²) in [5, 5.41) is 9.09. The molecule has 2 N–H and O–H groups in total. The van der Waals surface area contributed by atoms with Crippen LogP contribution in [0.2, 0.25) is 0 Å². The number of nitrogens with zero attached hydrogens (tertiary/aromatic N) is 2. The first-order valence-electron chi connectivity index (χ1n) is 7.01. The summed E-state index contributed by atoms with van der Waals surface area (Å²) in [5.74, 6) is 0.607. The van der Waals surface area contributed by atoms with Gasteiger partial charge in [-0.2, -0.15) is 5.26 Å². The molecule has 0 spiro atoms. The van der Waals surface area contributed by atoms with Gasteiger partial charge in [0.1, 0.15) is 6.07 Å². The number of hydrogen-bond donors (Lipinski definition) is 1. The number of rotatable bonds is 3. The Morgan fingerprint density at radius 3 is 2.79 bits per heavy atom. The van der Waals surface area contributed by atoms with Gasteiger partial charge < -0.3 is 5.73 Å². The monoisotopic (exact) mass is 257 g/mol. The van der Waals surface area contributed by atoms with Crippen LogP contribution in [-0.4, -0.2) is 10.5 Å². The molecule has 1 aromatic rings. The number of pyridine rings is 1.